The standard InChI is InChI=1S/C23H17ClN2O2S/c1-14-23(22(28)26(25-14)17-6-3-2-4-7-17)19(15-9-11-16(24)12-10-15)20(23)21(27)18-8-5-13-29-18/h2-13,19-20H,1H3/t19-,20+,23?/m0/s1. The highest BCUT2D eigenvalue weighted by Crippen LogP contribution is 2.69. The third kappa shape index (κ3) is 2.61. The van der Waals surface area contributed by atoms with Gasteiger partial charge in [0.1, 0.15) is 5.41 Å². The summed E-state index contributed by atoms with van der Waals surface area (Å²) in [5.41, 5.74) is 1.38. The number of benzene rings is 2. The van der Waals surface area contributed by atoms with Crippen molar-refractivity contribution >= 4 is 46.0 Å². The summed E-state index contributed by atoms with van der Waals surface area (Å²) in [7, 11) is 0. The van der Waals surface area contributed by atoms with Crippen LogP contribution in [-0.4, -0.2) is 17.4 Å². The van der Waals surface area contributed by atoms with E-state index < -0.39 is 11.3 Å². The molecule has 0 radical (unpaired) electrons. The molecule has 2 heterocycles. The lowest BCUT2D eigenvalue weighted by Gasteiger charge is -2.15. The molecule has 0 N–H and O–H groups in total. The van der Waals surface area contributed by atoms with Gasteiger partial charge in [0.15, 0.2) is 5.78 Å². The van der Waals surface area contributed by atoms with Crippen LogP contribution >= 0.6 is 22.9 Å². The van der Waals surface area contributed by atoms with Crippen LogP contribution in [0.4, 0.5) is 5.69 Å². The molecule has 1 saturated carbocycles. The van der Waals surface area contributed by atoms with Crippen LogP contribution in [0.5, 0.6) is 0 Å². The summed E-state index contributed by atoms with van der Waals surface area (Å²) < 4.78 is 0. The Morgan fingerprint density at radius 2 is 1.79 bits per heavy atom. The molecule has 0 saturated heterocycles. The van der Waals surface area contributed by atoms with Crippen molar-refractivity contribution in [3.63, 3.8) is 0 Å². The number of hydrogen-bond acceptors (Lipinski definition) is 4. The maximum Gasteiger partial charge on any atom is 0.260 e. The molecule has 144 valence electrons. The lowest BCUT2D eigenvalue weighted by atomic mass is 9.92. The fourth-order valence-corrected chi connectivity index (χ4v) is 5.34. The molecule has 2 aliphatic rings. The van der Waals surface area contributed by atoms with Crippen molar-refractivity contribution < 1.29 is 9.59 Å². The number of anilines is 1. The number of para-hydroxylation sites is 1. The van der Waals surface area contributed by atoms with E-state index in [1.807, 2.05) is 66.9 Å². The number of halogens is 1. The molecule has 5 rings (SSSR count). The van der Waals surface area contributed by atoms with Crippen molar-refractivity contribution in [1.29, 1.82) is 0 Å². The van der Waals surface area contributed by atoms with Crippen LogP contribution in [0.15, 0.2) is 77.2 Å². The van der Waals surface area contributed by atoms with E-state index in [4.69, 9.17) is 11.6 Å². The van der Waals surface area contributed by atoms with Gasteiger partial charge in [-0.3, -0.25) is 9.59 Å². The number of hydrazone groups is 1. The van der Waals surface area contributed by atoms with Gasteiger partial charge in [-0.15, -0.1) is 11.3 Å². The van der Waals surface area contributed by atoms with E-state index in [1.54, 1.807) is 12.1 Å². The van der Waals surface area contributed by atoms with E-state index >= 15 is 0 Å². The molecule has 1 aliphatic heterocycles. The number of hydrogen-bond donors (Lipinski definition) is 0. The third-order valence-corrected chi connectivity index (χ3v) is 7.01. The van der Waals surface area contributed by atoms with Gasteiger partial charge in [0, 0.05) is 10.9 Å². The van der Waals surface area contributed by atoms with Gasteiger partial charge < -0.3 is 0 Å². The number of carbonyl (C=O) groups excluding carboxylic acids is 2. The molecule has 6 heteroatoms. The first-order valence-electron chi connectivity index (χ1n) is 9.33. The predicted molar refractivity (Wildman–Crippen MR) is 116 cm³/mol. The van der Waals surface area contributed by atoms with Crippen molar-refractivity contribution in [3.8, 4) is 0 Å². The molecule has 2 aromatic carbocycles. The number of nitrogens with zero attached hydrogens (tertiary/aromatic N) is 2. The quantitative estimate of drug-likeness (QED) is 0.530. The highest BCUT2D eigenvalue weighted by Gasteiger charge is 2.77. The molecule has 29 heavy (non-hydrogen) atoms. The zero-order valence-electron chi connectivity index (χ0n) is 15.6. The molecule has 0 bridgehead atoms. The van der Waals surface area contributed by atoms with E-state index in [0.717, 1.165) is 5.56 Å². The van der Waals surface area contributed by atoms with E-state index in [-0.39, 0.29) is 17.6 Å². The zero-order valence-corrected chi connectivity index (χ0v) is 17.2. The highest BCUT2D eigenvalue weighted by atomic mass is 35.5. The average Bonchev–Trinajstić information content (AvgIpc) is 3.02. The Labute approximate surface area is 177 Å². The minimum Gasteiger partial charge on any atom is -0.293 e. The van der Waals surface area contributed by atoms with E-state index in [9.17, 15) is 9.59 Å². The third-order valence-electron chi connectivity index (χ3n) is 5.88. The lowest BCUT2D eigenvalue weighted by Crippen LogP contribution is -2.32. The molecule has 1 amide bonds. The van der Waals surface area contributed by atoms with Gasteiger partial charge in [0.25, 0.3) is 5.91 Å². The second kappa shape index (κ2) is 6.65. The molecule has 3 atom stereocenters. The van der Waals surface area contributed by atoms with Gasteiger partial charge >= 0.3 is 0 Å². The molecular formula is C23H17ClN2O2S. The number of thiophene rings is 1. The van der Waals surface area contributed by atoms with Gasteiger partial charge in [-0.05, 0) is 48.2 Å². The first-order chi connectivity index (χ1) is 14.0. The molecule has 1 aromatic heterocycles. The first kappa shape index (κ1) is 18.3. The summed E-state index contributed by atoms with van der Waals surface area (Å²) in [5, 5.41) is 8.54. The van der Waals surface area contributed by atoms with Crippen LogP contribution in [0.3, 0.4) is 0 Å². The minimum atomic E-state index is -0.940. The Balaban J connectivity index is 1.60. The molecule has 1 unspecified atom stereocenters. The maximum atomic E-state index is 13.7. The van der Waals surface area contributed by atoms with Gasteiger partial charge in [-0.2, -0.15) is 10.1 Å². The molecule has 4 nitrogen and oxygen atoms in total. The normalized spacial score (nSPS) is 25.4. The zero-order chi connectivity index (χ0) is 20.2. The van der Waals surface area contributed by atoms with Crippen LogP contribution in [-0.2, 0) is 4.79 Å². The molecule has 1 spiro atoms. The number of ketones is 1. The Morgan fingerprint density at radius 3 is 2.45 bits per heavy atom. The number of carbonyl (C=O) groups is 2. The fourth-order valence-electron chi connectivity index (χ4n) is 4.51. The summed E-state index contributed by atoms with van der Waals surface area (Å²) in [6, 6.07) is 20.4. The first-order valence-corrected chi connectivity index (χ1v) is 10.6. The Kier molecular flexibility index (Phi) is 4.19. The number of amides is 1. The Bertz CT molecular complexity index is 1130. The van der Waals surface area contributed by atoms with Crippen LogP contribution < -0.4 is 5.01 Å². The summed E-state index contributed by atoms with van der Waals surface area (Å²) in [4.78, 5) is 27.7. The van der Waals surface area contributed by atoms with Crippen molar-refractivity contribution in [1.82, 2.24) is 0 Å². The van der Waals surface area contributed by atoms with Crippen LogP contribution in [0.25, 0.3) is 0 Å². The molecular weight excluding hydrogens is 404 g/mol. The van der Waals surface area contributed by atoms with Gasteiger partial charge in [-0.25, -0.2) is 0 Å². The second-order valence-corrected chi connectivity index (χ2v) is 8.74. The van der Waals surface area contributed by atoms with Crippen LogP contribution in [0.1, 0.15) is 28.1 Å². The van der Waals surface area contributed by atoms with Gasteiger partial charge in [0.05, 0.1) is 22.2 Å². The molecule has 3 aromatic rings. The molecule has 1 aliphatic carbocycles. The van der Waals surface area contributed by atoms with Crippen LogP contribution in [0.2, 0.25) is 5.02 Å². The summed E-state index contributed by atoms with van der Waals surface area (Å²) in [6.45, 7) is 1.85. The van der Waals surface area contributed by atoms with Crippen molar-refractivity contribution in [3.05, 3.63) is 87.6 Å². The SMILES string of the molecule is CC1=NN(c2ccccc2)C(=O)C12[C@@H](C(=O)c1cccs1)[C@@H]2c1ccc(Cl)cc1. The monoisotopic (exact) mass is 420 g/mol. The number of Topliss-reactive ketones (excluding diaryl/α,β-unsaturated/α-hetero) is 1. The van der Waals surface area contributed by atoms with Crippen molar-refractivity contribution in [2.24, 2.45) is 16.4 Å². The topological polar surface area (TPSA) is 49.7 Å². The van der Waals surface area contributed by atoms with Crippen molar-refractivity contribution in [2.45, 2.75) is 12.8 Å². The van der Waals surface area contributed by atoms with E-state index in [0.29, 0.717) is 21.3 Å². The lowest BCUT2D eigenvalue weighted by molar-refractivity contribution is -0.121. The smallest absolute Gasteiger partial charge is 0.260 e. The Morgan fingerprint density at radius 1 is 1.07 bits per heavy atom. The second-order valence-electron chi connectivity index (χ2n) is 7.36. The molecule has 1 fully saturated rings. The van der Waals surface area contributed by atoms with Crippen LogP contribution in [0, 0.1) is 11.3 Å². The van der Waals surface area contributed by atoms with E-state index in [1.165, 1.54) is 16.3 Å². The fraction of sp³-hybridized carbons (Fsp3) is 0.174. The summed E-state index contributed by atoms with van der Waals surface area (Å²) in [6.07, 6.45) is 0. The average molecular weight is 421 g/mol. The maximum absolute atomic E-state index is 13.7. The van der Waals surface area contributed by atoms with Crippen molar-refractivity contribution in [2.75, 3.05) is 5.01 Å². The summed E-state index contributed by atoms with van der Waals surface area (Å²) >= 11 is 7.47. The van der Waals surface area contributed by atoms with Gasteiger partial charge in [0.2, 0.25) is 0 Å². The van der Waals surface area contributed by atoms with E-state index in [2.05, 4.69) is 5.10 Å². The number of rotatable bonds is 4. The highest BCUT2D eigenvalue weighted by molar-refractivity contribution is 7.12. The predicted octanol–water partition coefficient (Wildman–Crippen LogP) is 5.41. The Hall–Kier alpha value is -2.76. The summed E-state index contributed by atoms with van der Waals surface area (Å²) in [5.74, 6) is -0.861. The largest absolute Gasteiger partial charge is 0.293 e. The van der Waals surface area contributed by atoms with Gasteiger partial charge in [-0.1, -0.05) is 48.0 Å². The minimum absolute atomic E-state index is 0.00207.